The van der Waals surface area contributed by atoms with Gasteiger partial charge in [0, 0.05) is 18.0 Å². The fourth-order valence-electron chi connectivity index (χ4n) is 2.93. The van der Waals surface area contributed by atoms with Crippen LogP contribution in [-0.4, -0.2) is 20.5 Å². The molecular formula is C21H16F2N4O2. The molecule has 8 heteroatoms. The number of aromatic nitrogens is 3. The Labute approximate surface area is 164 Å². The largest absolute Gasteiger partial charge is 0.434 e. The molecule has 146 valence electrons. The highest BCUT2D eigenvalue weighted by Gasteiger charge is 2.15. The predicted molar refractivity (Wildman–Crippen MR) is 103 cm³/mol. The number of hydrogen-bond donors (Lipinski definition) is 1. The highest BCUT2D eigenvalue weighted by atomic mass is 19.1. The number of amides is 1. The van der Waals surface area contributed by atoms with Gasteiger partial charge in [0.05, 0.1) is 5.56 Å². The summed E-state index contributed by atoms with van der Waals surface area (Å²) in [6.07, 6.45) is 3.06. The first-order chi connectivity index (χ1) is 13.9. The van der Waals surface area contributed by atoms with Crippen LogP contribution in [0.1, 0.15) is 21.5 Å². The molecule has 6 nitrogen and oxygen atoms in total. The van der Waals surface area contributed by atoms with Crippen LogP contribution in [0.3, 0.4) is 0 Å². The van der Waals surface area contributed by atoms with Crippen molar-refractivity contribution in [3.63, 3.8) is 0 Å². The molecule has 0 unspecified atom stereocenters. The maximum atomic E-state index is 14.6. The third kappa shape index (κ3) is 3.64. The van der Waals surface area contributed by atoms with E-state index in [-0.39, 0.29) is 22.9 Å². The topological polar surface area (TPSA) is 68.5 Å². The summed E-state index contributed by atoms with van der Waals surface area (Å²) in [5, 5.41) is 6.56. The lowest BCUT2D eigenvalue weighted by molar-refractivity contribution is 0.102. The van der Waals surface area contributed by atoms with Gasteiger partial charge in [-0.1, -0.05) is 11.6 Å². The summed E-state index contributed by atoms with van der Waals surface area (Å²) in [6, 6.07) is 9.99. The Hall–Kier alpha value is -3.81. The first-order valence-corrected chi connectivity index (χ1v) is 8.76. The lowest BCUT2D eigenvalue weighted by atomic mass is 10.1. The second kappa shape index (κ2) is 7.31. The first kappa shape index (κ1) is 18.5. The average molecular weight is 394 g/mol. The van der Waals surface area contributed by atoms with Gasteiger partial charge in [0.15, 0.2) is 11.6 Å². The minimum atomic E-state index is -0.700. The Bertz CT molecular complexity index is 1240. The van der Waals surface area contributed by atoms with Crippen molar-refractivity contribution in [3.05, 3.63) is 83.3 Å². The fourth-order valence-corrected chi connectivity index (χ4v) is 2.93. The highest BCUT2D eigenvalue weighted by molar-refractivity contribution is 6.04. The molecule has 0 atom stereocenters. The minimum absolute atomic E-state index is 0.0639. The number of benzene rings is 2. The maximum Gasteiger partial charge on any atom is 0.258 e. The third-order valence-corrected chi connectivity index (χ3v) is 4.38. The normalized spacial score (nSPS) is 10.9. The van der Waals surface area contributed by atoms with Crippen molar-refractivity contribution >= 4 is 17.1 Å². The van der Waals surface area contributed by atoms with Crippen LogP contribution in [0.2, 0.25) is 0 Å². The Morgan fingerprint density at radius 1 is 1.07 bits per heavy atom. The molecule has 0 saturated carbocycles. The monoisotopic (exact) mass is 394 g/mol. The van der Waals surface area contributed by atoms with Gasteiger partial charge in [0.25, 0.3) is 5.91 Å². The molecule has 0 radical (unpaired) electrons. The Balaban J connectivity index is 1.57. The van der Waals surface area contributed by atoms with Crippen molar-refractivity contribution < 1.29 is 18.3 Å². The SMILES string of the molecule is Cc1ccc(F)c(C(=O)Nc2ccc(Oc3ncnn4ccc(C)c34)c(F)c2)c1. The van der Waals surface area contributed by atoms with E-state index in [2.05, 4.69) is 15.4 Å². The molecule has 0 bridgehead atoms. The van der Waals surface area contributed by atoms with E-state index in [1.54, 1.807) is 23.7 Å². The molecule has 2 aromatic carbocycles. The van der Waals surface area contributed by atoms with E-state index in [0.717, 1.165) is 17.2 Å². The number of anilines is 1. The standard InChI is InChI=1S/C21H16F2N4O2/c1-12-3-5-16(22)15(9-12)20(28)26-14-4-6-18(17(23)10-14)29-21-19-13(2)7-8-27(19)25-11-24-21/h3-11H,1-2H3,(H,26,28). The summed E-state index contributed by atoms with van der Waals surface area (Å²) in [6.45, 7) is 3.61. The van der Waals surface area contributed by atoms with E-state index in [9.17, 15) is 13.6 Å². The summed E-state index contributed by atoms with van der Waals surface area (Å²) in [4.78, 5) is 16.4. The summed E-state index contributed by atoms with van der Waals surface area (Å²) >= 11 is 0. The minimum Gasteiger partial charge on any atom is -0.434 e. The Morgan fingerprint density at radius 3 is 2.69 bits per heavy atom. The van der Waals surface area contributed by atoms with Gasteiger partial charge in [0.2, 0.25) is 5.88 Å². The van der Waals surface area contributed by atoms with E-state index in [0.29, 0.717) is 5.52 Å². The Kier molecular flexibility index (Phi) is 4.67. The molecule has 4 aromatic rings. The maximum absolute atomic E-state index is 14.6. The number of carbonyl (C=O) groups excluding carboxylic acids is 1. The van der Waals surface area contributed by atoms with Gasteiger partial charge in [-0.2, -0.15) is 10.1 Å². The zero-order chi connectivity index (χ0) is 20.5. The van der Waals surface area contributed by atoms with Crippen LogP contribution in [0.25, 0.3) is 5.52 Å². The molecular weight excluding hydrogens is 378 g/mol. The summed E-state index contributed by atoms with van der Waals surface area (Å²) in [5.41, 5.74) is 2.30. The van der Waals surface area contributed by atoms with Crippen molar-refractivity contribution in [2.45, 2.75) is 13.8 Å². The molecule has 0 aliphatic heterocycles. The summed E-state index contributed by atoms with van der Waals surface area (Å²) in [5.74, 6) is -1.87. The second-order valence-electron chi connectivity index (χ2n) is 6.54. The quantitative estimate of drug-likeness (QED) is 0.546. The number of aryl methyl sites for hydroxylation is 2. The van der Waals surface area contributed by atoms with Crippen molar-refractivity contribution in [1.82, 2.24) is 14.6 Å². The van der Waals surface area contributed by atoms with Crippen LogP contribution in [0.5, 0.6) is 11.6 Å². The van der Waals surface area contributed by atoms with Gasteiger partial charge in [-0.3, -0.25) is 4.79 Å². The van der Waals surface area contributed by atoms with Gasteiger partial charge in [-0.15, -0.1) is 0 Å². The Morgan fingerprint density at radius 2 is 1.90 bits per heavy atom. The van der Waals surface area contributed by atoms with E-state index >= 15 is 0 Å². The molecule has 0 aliphatic carbocycles. The lowest BCUT2D eigenvalue weighted by Gasteiger charge is -2.10. The molecule has 0 fully saturated rings. The molecule has 2 heterocycles. The molecule has 0 spiro atoms. The number of fused-ring (bicyclic) bond motifs is 1. The van der Waals surface area contributed by atoms with Crippen LogP contribution < -0.4 is 10.1 Å². The lowest BCUT2D eigenvalue weighted by Crippen LogP contribution is -2.14. The molecule has 29 heavy (non-hydrogen) atoms. The number of halogens is 2. The van der Waals surface area contributed by atoms with E-state index in [1.165, 1.54) is 30.6 Å². The van der Waals surface area contributed by atoms with Gasteiger partial charge >= 0.3 is 0 Å². The van der Waals surface area contributed by atoms with Crippen molar-refractivity contribution in [1.29, 1.82) is 0 Å². The van der Waals surface area contributed by atoms with Crippen molar-refractivity contribution in [2.24, 2.45) is 0 Å². The molecule has 1 amide bonds. The van der Waals surface area contributed by atoms with Crippen molar-refractivity contribution in [3.8, 4) is 11.6 Å². The van der Waals surface area contributed by atoms with Crippen LogP contribution in [0, 0.1) is 25.5 Å². The van der Waals surface area contributed by atoms with E-state index in [4.69, 9.17) is 4.74 Å². The fraction of sp³-hybridized carbons (Fsp3) is 0.0952. The van der Waals surface area contributed by atoms with Gasteiger partial charge in [-0.05, 0) is 49.7 Å². The van der Waals surface area contributed by atoms with Crippen molar-refractivity contribution in [2.75, 3.05) is 5.32 Å². The molecule has 0 aliphatic rings. The number of carbonyl (C=O) groups is 1. The smallest absolute Gasteiger partial charge is 0.258 e. The molecule has 4 rings (SSSR count). The predicted octanol–water partition coefficient (Wildman–Crippen LogP) is 4.67. The van der Waals surface area contributed by atoms with Crippen LogP contribution in [-0.2, 0) is 0 Å². The van der Waals surface area contributed by atoms with Crippen LogP contribution in [0.15, 0.2) is 55.0 Å². The van der Waals surface area contributed by atoms with E-state index in [1.807, 2.05) is 13.0 Å². The molecule has 0 saturated heterocycles. The van der Waals surface area contributed by atoms with Gasteiger partial charge in [-0.25, -0.2) is 13.3 Å². The molecule has 2 aromatic heterocycles. The number of ether oxygens (including phenoxy) is 1. The number of hydrogen-bond acceptors (Lipinski definition) is 4. The van der Waals surface area contributed by atoms with Crippen LogP contribution >= 0.6 is 0 Å². The van der Waals surface area contributed by atoms with Gasteiger partial charge < -0.3 is 10.1 Å². The highest BCUT2D eigenvalue weighted by Crippen LogP contribution is 2.29. The number of rotatable bonds is 4. The average Bonchev–Trinajstić information content (AvgIpc) is 3.08. The number of nitrogens with zero attached hydrogens (tertiary/aromatic N) is 3. The number of nitrogens with one attached hydrogen (secondary N) is 1. The summed E-state index contributed by atoms with van der Waals surface area (Å²) in [7, 11) is 0. The zero-order valence-corrected chi connectivity index (χ0v) is 15.6. The third-order valence-electron chi connectivity index (χ3n) is 4.38. The van der Waals surface area contributed by atoms with Crippen LogP contribution in [0.4, 0.5) is 14.5 Å². The zero-order valence-electron chi connectivity index (χ0n) is 15.6. The first-order valence-electron chi connectivity index (χ1n) is 8.76. The molecule has 1 N–H and O–H groups in total. The second-order valence-corrected chi connectivity index (χ2v) is 6.54. The summed E-state index contributed by atoms with van der Waals surface area (Å²) < 4.78 is 35.6. The van der Waals surface area contributed by atoms with E-state index < -0.39 is 17.5 Å². The van der Waals surface area contributed by atoms with Gasteiger partial charge in [0.1, 0.15) is 17.7 Å².